The van der Waals surface area contributed by atoms with Crippen LogP contribution in [0.15, 0.2) is 35.3 Å². The van der Waals surface area contributed by atoms with Gasteiger partial charge in [0.2, 0.25) is 5.95 Å². The number of hydrogen-bond donors (Lipinski definition) is 2. The summed E-state index contributed by atoms with van der Waals surface area (Å²) in [6, 6.07) is 5.69. The van der Waals surface area contributed by atoms with Gasteiger partial charge in [-0.2, -0.15) is 4.98 Å². The highest BCUT2D eigenvalue weighted by atomic mass is 35.5. The fraction of sp³-hybridized carbons (Fsp3) is 0.375. The Morgan fingerprint density at radius 1 is 1.11 bits per heavy atom. The fourth-order valence-corrected chi connectivity index (χ4v) is 3.47. The fourth-order valence-electron chi connectivity index (χ4n) is 3.31. The van der Waals surface area contributed by atoms with Gasteiger partial charge in [0.1, 0.15) is 11.2 Å². The summed E-state index contributed by atoms with van der Waals surface area (Å²) in [5.41, 5.74) is -0.160. The van der Waals surface area contributed by atoms with Gasteiger partial charge in [0.05, 0.1) is 36.6 Å². The molecule has 3 aromatic rings. The molecule has 1 aromatic carbocycles. The van der Waals surface area contributed by atoms with E-state index in [2.05, 4.69) is 25.0 Å². The van der Waals surface area contributed by atoms with Gasteiger partial charge in [0.25, 0.3) is 11.5 Å². The molecule has 1 amide bonds. The number of methoxy groups -OCH3 is 1. The first-order chi connectivity index (χ1) is 17.4. The van der Waals surface area contributed by atoms with E-state index < -0.39 is 17.4 Å². The second-order valence-corrected chi connectivity index (χ2v) is 7.91. The van der Waals surface area contributed by atoms with Crippen LogP contribution in [0, 0.1) is 0 Å². The first kappa shape index (κ1) is 27.1. The minimum atomic E-state index is -0.707. The summed E-state index contributed by atoms with van der Waals surface area (Å²) in [5.74, 6) is -0.891. The Labute approximate surface area is 212 Å². The molecule has 0 atom stereocenters. The van der Waals surface area contributed by atoms with Gasteiger partial charge in [0, 0.05) is 37.9 Å². The number of halogens is 1. The normalized spacial score (nSPS) is 10.9. The predicted octanol–water partition coefficient (Wildman–Crippen LogP) is 2.89. The van der Waals surface area contributed by atoms with Crippen LogP contribution in [0.4, 0.5) is 11.6 Å². The largest absolute Gasteiger partial charge is 0.465 e. The number of anilines is 2. The lowest BCUT2D eigenvalue weighted by atomic mass is 10.1. The van der Waals surface area contributed by atoms with Gasteiger partial charge in [-0.05, 0) is 38.1 Å². The summed E-state index contributed by atoms with van der Waals surface area (Å²) in [4.78, 5) is 50.8. The van der Waals surface area contributed by atoms with Gasteiger partial charge in [-0.1, -0.05) is 11.6 Å². The number of H-pyrrole nitrogens is 1. The van der Waals surface area contributed by atoms with Crippen molar-refractivity contribution in [1.82, 2.24) is 15.0 Å². The second-order valence-electron chi connectivity index (χ2n) is 7.51. The average molecular weight is 518 g/mol. The van der Waals surface area contributed by atoms with Crippen LogP contribution in [0.2, 0.25) is 5.02 Å². The molecule has 0 spiro atoms. The maximum Gasteiger partial charge on any atom is 0.337 e. The molecule has 2 aromatic heterocycles. The Bertz CT molecular complexity index is 1270. The lowest BCUT2D eigenvalue weighted by Crippen LogP contribution is -2.32. The van der Waals surface area contributed by atoms with E-state index in [1.54, 1.807) is 0 Å². The number of fused-ring (bicyclic) bond motifs is 1. The molecule has 0 saturated carbocycles. The van der Waals surface area contributed by atoms with Crippen molar-refractivity contribution < 1.29 is 23.8 Å². The topological polar surface area (TPSA) is 136 Å². The molecular weight excluding hydrogens is 490 g/mol. The van der Waals surface area contributed by atoms with Crippen LogP contribution in [0.1, 0.15) is 34.6 Å². The number of hydrogen-bond acceptors (Lipinski definition) is 9. The molecule has 2 heterocycles. The number of nitrogens with one attached hydrogen (secondary N) is 2. The third kappa shape index (κ3) is 6.78. The summed E-state index contributed by atoms with van der Waals surface area (Å²) in [7, 11) is 1.24. The summed E-state index contributed by atoms with van der Waals surface area (Å²) in [6.07, 6.45) is 1.53. The molecule has 3 rings (SSSR count). The Hall–Kier alpha value is -3.54. The SMILES string of the molecule is CCOCCN(CCOCC)c1ncc2cc(C(=O)Nc3cc(C(=O)OC)ccc3Cl)c(=O)[nH]c2n1. The van der Waals surface area contributed by atoms with Crippen molar-refractivity contribution >= 4 is 46.1 Å². The highest BCUT2D eigenvalue weighted by Crippen LogP contribution is 2.24. The van der Waals surface area contributed by atoms with E-state index in [0.29, 0.717) is 50.9 Å². The second kappa shape index (κ2) is 13.0. The Morgan fingerprint density at radius 2 is 1.81 bits per heavy atom. The number of amides is 1. The Kier molecular flexibility index (Phi) is 9.74. The maximum absolute atomic E-state index is 12.9. The minimum Gasteiger partial charge on any atom is -0.465 e. The molecule has 36 heavy (non-hydrogen) atoms. The van der Waals surface area contributed by atoms with Crippen molar-refractivity contribution in [2.75, 3.05) is 56.8 Å². The summed E-state index contributed by atoms with van der Waals surface area (Å²) >= 11 is 6.15. The number of ether oxygens (including phenoxy) is 3. The summed E-state index contributed by atoms with van der Waals surface area (Å²) in [5, 5.41) is 3.22. The van der Waals surface area contributed by atoms with E-state index in [0.717, 1.165) is 0 Å². The molecule has 0 saturated heterocycles. The molecule has 0 unspecified atom stereocenters. The van der Waals surface area contributed by atoms with Crippen molar-refractivity contribution in [3.63, 3.8) is 0 Å². The van der Waals surface area contributed by atoms with Gasteiger partial charge in [-0.25, -0.2) is 9.78 Å². The summed E-state index contributed by atoms with van der Waals surface area (Å²) in [6.45, 7) is 7.07. The van der Waals surface area contributed by atoms with E-state index in [4.69, 9.17) is 21.1 Å². The van der Waals surface area contributed by atoms with Crippen LogP contribution < -0.4 is 15.8 Å². The van der Waals surface area contributed by atoms with E-state index in [1.165, 1.54) is 37.6 Å². The van der Waals surface area contributed by atoms with Crippen molar-refractivity contribution in [3.8, 4) is 0 Å². The minimum absolute atomic E-state index is 0.162. The number of esters is 1. The molecule has 0 aliphatic rings. The van der Waals surface area contributed by atoms with Crippen molar-refractivity contribution in [3.05, 3.63) is 57.0 Å². The molecule has 0 radical (unpaired) electrons. The first-order valence-corrected chi connectivity index (χ1v) is 11.7. The van der Waals surface area contributed by atoms with Gasteiger partial charge in [0.15, 0.2) is 0 Å². The monoisotopic (exact) mass is 517 g/mol. The number of aromatic nitrogens is 3. The van der Waals surface area contributed by atoms with Crippen LogP contribution in [0.25, 0.3) is 11.0 Å². The van der Waals surface area contributed by atoms with E-state index >= 15 is 0 Å². The highest BCUT2D eigenvalue weighted by Gasteiger charge is 2.17. The number of aromatic amines is 1. The first-order valence-electron chi connectivity index (χ1n) is 11.4. The van der Waals surface area contributed by atoms with Crippen LogP contribution >= 0.6 is 11.6 Å². The molecule has 0 bridgehead atoms. The number of benzene rings is 1. The molecule has 0 fully saturated rings. The van der Waals surface area contributed by atoms with E-state index in [-0.39, 0.29) is 27.5 Å². The lowest BCUT2D eigenvalue weighted by Gasteiger charge is -2.22. The Balaban J connectivity index is 1.86. The van der Waals surface area contributed by atoms with Gasteiger partial charge in [-0.3, -0.25) is 9.59 Å². The van der Waals surface area contributed by atoms with Gasteiger partial charge >= 0.3 is 5.97 Å². The van der Waals surface area contributed by atoms with Crippen LogP contribution in [0.3, 0.4) is 0 Å². The number of nitrogens with zero attached hydrogens (tertiary/aromatic N) is 3. The standard InChI is InChI=1S/C24H28ClN5O6/c1-4-35-10-8-30(9-11-36-5-2)24-26-14-16-12-17(22(32)28-20(16)29-24)21(31)27-19-13-15(23(33)34-3)6-7-18(19)25/h6-7,12-14H,4-5,8-11H2,1-3H3,(H,27,31)(H,26,28,29,32). The molecule has 192 valence electrons. The number of pyridine rings is 1. The van der Waals surface area contributed by atoms with Crippen LogP contribution in [-0.4, -0.2) is 73.5 Å². The summed E-state index contributed by atoms with van der Waals surface area (Å²) < 4.78 is 15.6. The van der Waals surface area contributed by atoms with E-state index in [1.807, 2.05) is 18.7 Å². The van der Waals surface area contributed by atoms with Gasteiger partial charge < -0.3 is 29.4 Å². The number of rotatable bonds is 12. The molecule has 2 N–H and O–H groups in total. The zero-order chi connectivity index (χ0) is 26.1. The number of carbonyl (C=O) groups excluding carboxylic acids is 2. The quantitative estimate of drug-likeness (QED) is 0.274. The molecule has 12 heteroatoms. The highest BCUT2D eigenvalue weighted by molar-refractivity contribution is 6.34. The predicted molar refractivity (Wildman–Crippen MR) is 136 cm³/mol. The lowest BCUT2D eigenvalue weighted by molar-refractivity contribution is 0.0600. The van der Waals surface area contributed by atoms with E-state index in [9.17, 15) is 14.4 Å². The van der Waals surface area contributed by atoms with Crippen molar-refractivity contribution in [2.24, 2.45) is 0 Å². The molecule has 0 aliphatic carbocycles. The molecule has 11 nitrogen and oxygen atoms in total. The van der Waals surface area contributed by atoms with Gasteiger partial charge in [-0.15, -0.1) is 0 Å². The smallest absolute Gasteiger partial charge is 0.337 e. The molecular formula is C24H28ClN5O6. The molecule has 0 aliphatic heterocycles. The van der Waals surface area contributed by atoms with Crippen LogP contribution in [-0.2, 0) is 14.2 Å². The van der Waals surface area contributed by atoms with Crippen molar-refractivity contribution in [1.29, 1.82) is 0 Å². The zero-order valence-corrected chi connectivity index (χ0v) is 21.1. The third-order valence-corrected chi connectivity index (χ3v) is 5.49. The number of carbonyl (C=O) groups is 2. The third-order valence-electron chi connectivity index (χ3n) is 5.16. The average Bonchev–Trinajstić information content (AvgIpc) is 2.88. The zero-order valence-electron chi connectivity index (χ0n) is 20.3. The van der Waals surface area contributed by atoms with Crippen molar-refractivity contribution in [2.45, 2.75) is 13.8 Å². The maximum atomic E-state index is 12.9. The Morgan fingerprint density at radius 3 is 2.44 bits per heavy atom. The van der Waals surface area contributed by atoms with Crippen LogP contribution in [0.5, 0.6) is 0 Å².